The molecular weight excluding hydrogens is 264 g/mol. The number of carbonyl (C=O) groups excluding carboxylic acids is 1. The van der Waals surface area contributed by atoms with Gasteiger partial charge in [-0.15, -0.1) is 0 Å². The molecule has 2 aromatic heterocycles. The Morgan fingerprint density at radius 3 is 2.71 bits per heavy atom. The molecule has 3 aromatic rings. The molecule has 0 radical (unpaired) electrons. The number of nitrogens with zero attached hydrogens (tertiary/aromatic N) is 1. The SMILES string of the molecule is O=C(NCc1cccnc1)c1occc1-c1ccccc1. The Labute approximate surface area is 122 Å². The first-order chi connectivity index (χ1) is 10.3. The number of furan rings is 1. The van der Waals surface area contributed by atoms with Crippen LogP contribution in [0.1, 0.15) is 16.1 Å². The maximum Gasteiger partial charge on any atom is 0.287 e. The van der Waals surface area contributed by atoms with Gasteiger partial charge in [-0.25, -0.2) is 0 Å². The van der Waals surface area contributed by atoms with Crippen LogP contribution in [0.5, 0.6) is 0 Å². The van der Waals surface area contributed by atoms with Crippen LogP contribution in [-0.2, 0) is 6.54 Å². The van der Waals surface area contributed by atoms with Crippen LogP contribution in [0.15, 0.2) is 71.6 Å². The van der Waals surface area contributed by atoms with Crippen molar-refractivity contribution < 1.29 is 9.21 Å². The lowest BCUT2D eigenvalue weighted by atomic mass is 10.1. The fourth-order valence-electron chi connectivity index (χ4n) is 2.10. The standard InChI is InChI=1S/C17H14N2O2/c20-17(19-12-13-5-4-9-18-11-13)16-15(8-10-21-16)14-6-2-1-3-7-14/h1-11H,12H2,(H,19,20). The van der Waals surface area contributed by atoms with E-state index in [4.69, 9.17) is 4.42 Å². The van der Waals surface area contributed by atoms with Crippen molar-refractivity contribution in [3.05, 3.63) is 78.5 Å². The fourth-order valence-corrected chi connectivity index (χ4v) is 2.10. The van der Waals surface area contributed by atoms with Crippen molar-refractivity contribution in [3.8, 4) is 11.1 Å². The first kappa shape index (κ1) is 13.1. The van der Waals surface area contributed by atoms with Gasteiger partial charge in [-0.1, -0.05) is 36.4 Å². The summed E-state index contributed by atoms with van der Waals surface area (Å²) in [5.41, 5.74) is 2.69. The van der Waals surface area contributed by atoms with Gasteiger partial charge in [0.15, 0.2) is 5.76 Å². The number of amides is 1. The number of carbonyl (C=O) groups is 1. The van der Waals surface area contributed by atoms with Crippen molar-refractivity contribution in [3.63, 3.8) is 0 Å². The summed E-state index contributed by atoms with van der Waals surface area (Å²) in [7, 11) is 0. The molecule has 1 aromatic carbocycles. The van der Waals surface area contributed by atoms with Crippen LogP contribution in [-0.4, -0.2) is 10.9 Å². The highest BCUT2D eigenvalue weighted by molar-refractivity contribution is 5.98. The highest BCUT2D eigenvalue weighted by Gasteiger charge is 2.16. The zero-order chi connectivity index (χ0) is 14.5. The van der Waals surface area contributed by atoms with E-state index in [1.807, 2.05) is 42.5 Å². The second kappa shape index (κ2) is 6.05. The number of rotatable bonds is 4. The molecule has 0 aliphatic rings. The normalized spacial score (nSPS) is 10.3. The van der Waals surface area contributed by atoms with Gasteiger partial charge < -0.3 is 9.73 Å². The summed E-state index contributed by atoms with van der Waals surface area (Å²) in [5.74, 6) is 0.0906. The van der Waals surface area contributed by atoms with E-state index in [-0.39, 0.29) is 5.91 Å². The van der Waals surface area contributed by atoms with Gasteiger partial charge in [0.2, 0.25) is 0 Å². The van der Waals surface area contributed by atoms with E-state index in [9.17, 15) is 4.79 Å². The molecule has 21 heavy (non-hydrogen) atoms. The minimum absolute atomic E-state index is 0.234. The number of benzene rings is 1. The predicted molar refractivity (Wildman–Crippen MR) is 79.6 cm³/mol. The minimum atomic E-state index is -0.234. The zero-order valence-corrected chi connectivity index (χ0v) is 11.3. The molecule has 0 atom stereocenters. The summed E-state index contributed by atoms with van der Waals surface area (Å²) in [6.45, 7) is 0.418. The molecule has 1 N–H and O–H groups in total. The molecule has 0 spiro atoms. The molecule has 1 amide bonds. The minimum Gasteiger partial charge on any atom is -0.459 e. The topological polar surface area (TPSA) is 55.1 Å². The zero-order valence-electron chi connectivity index (χ0n) is 11.3. The van der Waals surface area contributed by atoms with E-state index in [1.54, 1.807) is 18.5 Å². The molecular formula is C17H14N2O2. The third-order valence-electron chi connectivity index (χ3n) is 3.13. The monoisotopic (exact) mass is 278 g/mol. The molecule has 4 heteroatoms. The maximum absolute atomic E-state index is 12.2. The van der Waals surface area contributed by atoms with Crippen LogP contribution >= 0.6 is 0 Å². The quantitative estimate of drug-likeness (QED) is 0.797. The van der Waals surface area contributed by atoms with Crippen LogP contribution in [0.2, 0.25) is 0 Å². The Bertz CT molecular complexity index is 721. The molecule has 0 saturated heterocycles. The average Bonchev–Trinajstić information content (AvgIpc) is 3.04. The Morgan fingerprint density at radius 2 is 1.95 bits per heavy atom. The van der Waals surface area contributed by atoms with Crippen LogP contribution in [0.4, 0.5) is 0 Å². The smallest absolute Gasteiger partial charge is 0.287 e. The lowest BCUT2D eigenvalue weighted by molar-refractivity contribution is 0.0924. The highest BCUT2D eigenvalue weighted by Crippen LogP contribution is 2.24. The largest absolute Gasteiger partial charge is 0.459 e. The van der Waals surface area contributed by atoms with Crippen molar-refractivity contribution in [2.45, 2.75) is 6.54 Å². The molecule has 3 rings (SSSR count). The number of hydrogen-bond donors (Lipinski definition) is 1. The summed E-state index contributed by atoms with van der Waals surface area (Å²) in [5, 5.41) is 2.84. The third kappa shape index (κ3) is 3.00. The van der Waals surface area contributed by atoms with Crippen LogP contribution < -0.4 is 5.32 Å². The number of hydrogen-bond acceptors (Lipinski definition) is 3. The molecule has 0 saturated carbocycles. The van der Waals surface area contributed by atoms with E-state index in [0.717, 1.165) is 16.7 Å². The van der Waals surface area contributed by atoms with Crippen molar-refractivity contribution in [2.75, 3.05) is 0 Å². The lowest BCUT2D eigenvalue weighted by Gasteiger charge is -2.05. The van der Waals surface area contributed by atoms with E-state index in [2.05, 4.69) is 10.3 Å². The van der Waals surface area contributed by atoms with Crippen LogP contribution in [0.3, 0.4) is 0 Å². The Balaban J connectivity index is 1.76. The summed E-state index contributed by atoms with van der Waals surface area (Å²) in [6, 6.07) is 15.2. The summed E-state index contributed by atoms with van der Waals surface area (Å²) in [4.78, 5) is 16.3. The summed E-state index contributed by atoms with van der Waals surface area (Å²) < 4.78 is 5.34. The summed E-state index contributed by atoms with van der Waals surface area (Å²) >= 11 is 0. The highest BCUT2D eigenvalue weighted by atomic mass is 16.3. The van der Waals surface area contributed by atoms with Gasteiger partial charge >= 0.3 is 0 Å². The van der Waals surface area contributed by atoms with E-state index >= 15 is 0 Å². The molecule has 4 nitrogen and oxygen atoms in total. The van der Waals surface area contributed by atoms with Gasteiger partial charge in [-0.3, -0.25) is 9.78 Å². The second-order valence-electron chi connectivity index (χ2n) is 4.57. The molecule has 2 heterocycles. The molecule has 0 bridgehead atoms. The maximum atomic E-state index is 12.2. The molecule has 0 aliphatic carbocycles. The molecule has 104 valence electrons. The molecule has 0 fully saturated rings. The lowest BCUT2D eigenvalue weighted by Crippen LogP contribution is -2.22. The first-order valence-corrected chi connectivity index (χ1v) is 6.64. The Hall–Kier alpha value is -2.88. The average molecular weight is 278 g/mol. The van der Waals surface area contributed by atoms with Gasteiger partial charge in [0, 0.05) is 24.5 Å². The van der Waals surface area contributed by atoms with Crippen LogP contribution in [0.25, 0.3) is 11.1 Å². The van der Waals surface area contributed by atoms with Crippen molar-refractivity contribution in [2.24, 2.45) is 0 Å². The third-order valence-corrected chi connectivity index (χ3v) is 3.13. The van der Waals surface area contributed by atoms with Crippen molar-refractivity contribution >= 4 is 5.91 Å². The summed E-state index contributed by atoms with van der Waals surface area (Å²) in [6.07, 6.45) is 4.95. The fraction of sp³-hybridized carbons (Fsp3) is 0.0588. The van der Waals surface area contributed by atoms with E-state index in [1.165, 1.54) is 6.26 Å². The van der Waals surface area contributed by atoms with E-state index < -0.39 is 0 Å². The number of nitrogens with one attached hydrogen (secondary N) is 1. The van der Waals surface area contributed by atoms with Gasteiger partial charge in [0.1, 0.15) is 0 Å². The van der Waals surface area contributed by atoms with Gasteiger partial charge in [0.25, 0.3) is 5.91 Å². The first-order valence-electron chi connectivity index (χ1n) is 6.64. The van der Waals surface area contributed by atoms with Gasteiger partial charge in [-0.05, 0) is 23.3 Å². The molecule has 0 aliphatic heterocycles. The van der Waals surface area contributed by atoms with Crippen LogP contribution in [0, 0.1) is 0 Å². The van der Waals surface area contributed by atoms with Crippen molar-refractivity contribution in [1.29, 1.82) is 0 Å². The van der Waals surface area contributed by atoms with Crippen molar-refractivity contribution in [1.82, 2.24) is 10.3 Å². The van der Waals surface area contributed by atoms with Gasteiger partial charge in [0.05, 0.1) is 6.26 Å². The Morgan fingerprint density at radius 1 is 1.10 bits per heavy atom. The number of pyridine rings is 1. The van der Waals surface area contributed by atoms with Gasteiger partial charge in [-0.2, -0.15) is 0 Å². The van der Waals surface area contributed by atoms with E-state index in [0.29, 0.717) is 12.3 Å². The Kier molecular flexibility index (Phi) is 3.78. The predicted octanol–water partition coefficient (Wildman–Crippen LogP) is 3.27. The number of aromatic nitrogens is 1. The molecule has 0 unspecified atom stereocenters. The second-order valence-corrected chi connectivity index (χ2v) is 4.57.